The van der Waals surface area contributed by atoms with E-state index in [1.807, 2.05) is 0 Å². The first-order valence-electron chi connectivity index (χ1n) is 4.86. The molecule has 0 aliphatic carbocycles. The van der Waals surface area contributed by atoms with E-state index in [9.17, 15) is 4.39 Å². The summed E-state index contributed by atoms with van der Waals surface area (Å²) in [5.41, 5.74) is 1.96. The second-order valence-corrected chi connectivity index (χ2v) is 3.81. The van der Waals surface area contributed by atoms with Gasteiger partial charge in [0.15, 0.2) is 5.65 Å². The molecule has 3 rings (SSSR count). The Morgan fingerprint density at radius 1 is 1.12 bits per heavy atom. The number of aromatic nitrogens is 4. The van der Waals surface area contributed by atoms with E-state index in [0.717, 1.165) is 5.56 Å². The molecular weight excluding hydrogens is 243 g/mol. The first kappa shape index (κ1) is 10.2. The molecule has 0 aliphatic heterocycles. The Kier molecular flexibility index (Phi) is 2.26. The third-order valence-corrected chi connectivity index (χ3v) is 2.51. The molecule has 0 atom stereocenters. The highest BCUT2D eigenvalue weighted by Gasteiger charge is 2.07. The van der Waals surface area contributed by atoms with Gasteiger partial charge in [0.25, 0.3) is 0 Å². The van der Waals surface area contributed by atoms with Crippen LogP contribution in [-0.4, -0.2) is 19.9 Å². The van der Waals surface area contributed by atoms with Gasteiger partial charge in [0.05, 0.1) is 6.20 Å². The lowest BCUT2D eigenvalue weighted by molar-refractivity contribution is 0.628. The van der Waals surface area contributed by atoms with E-state index >= 15 is 0 Å². The number of rotatable bonds is 1. The molecule has 2 heterocycles. The van der Waals surface area contributed by atoms with Crippen LogP contribution in [0.4, 0.5) is 4.39 Å². The van der Waals surface area contributed by atoms with Gasteiger partial charge >= 0.3 is 0 Å². The van der Waals surface area contributed by atoms with E-state index in [2.05, 4.69) is 19.9 Å². The lowest BCUT2D eigenvalue weighted by Crippen LogP contribution is -1.81. The van der Waals surface area contributed by atoms with Crippen molar-refractivity contribution in [3.63, 3.8) is 0 Å². The summed E-state index contributed by atoms with van der Waals surface area (Å²) in [6, 6.07) is 6.03. The lowest BCUT2D eigenvalue weighted by atomic mass is 10.2. The van der Waals surface area contributed by atoms with Crippen molar-refractivity contribution < 1.29 is 4.39 Å². The molecule has 0 saturated heterocycles. The smallest absolute Gasteiger partial charge is 0.224 e. The van der Waals surface area contributed by atoms with E-state index in [1.54, 1.807) is 18.3 Å². The Balaban J connectivity index is 2.14. The quantitative estimate of drug-likeness (QED) is 0.674. The molecule has 0 saturated carbocycles. The normalized spacial score (nSPS) is 10.9. The molecule has 0 bridgehead atoms. The molecule has 0 unspecified atom stereocenters. The number of nitrogens with zero attached hydrogens (tertiary/aromatic N) is 3. The highest BCUT2D eigenvalue weighted by Crippen LogP contribution is 2.19. The SMILES string of the molecule is Fc1ccc(-c2nc3nc(Cl)ncc3[nH]2)cc1. The van der Waals surface area contributed by atoms with Gasteiger partial charge < -0.3 is 4.98 Å². The van der Waals surface area contributed by atoms with Crippen molar-refractivity contribution >= 4 is 22.8 Å². The van der Waals surface area contributed by atoms with Crippen molar-refractivity contribution in [3.8, 4) is 11.4 Å². The standard InChI is InChI=1S/C11H6ClFN4/c12-11-14-5-8-10(17-11)16-9(15-8)6-1-3-7(13)4-2-6/h1-5H,(H,14,15,16,17). The minimum Gasteiger partial charge on any atom is -0.335 e. The summed E-state index contributed by atoms with van der Waals surface area (Å²) in [7, 11) is 0. The highest BCUT2D eigenvalue weighted by molar-refractivity contribution is 6.28. The van der Waals surface area contributed by atoms with Crippen LogP contribution in [0.25, 0.3) is 22.6 Å². The van der Waals surface area contributed by atoms with Gasteiger partial charge in [0.1, 0.15) is 17.2 Å². The van der Waals surface area contributed by atoms with Gasteiger partial charge in [-0.05, 0) is 35.9 Å². The molecule has 2 aromatic heterocycles. The molecule has 4 nitrogen and oxygen atoms in total. The fourth-order valence-corrected chi connectivity index (χ4v) is 1.66. The largest absolute Gasteiger partial charge is 0.335 e. The van der Waals surface area contributed by atoms with Crippen LogP contribution in [0.5, 0.6) is 0 Å². The van der Waals surface area contributed by atoms with Crippen LogP contribution in [0.3, 0.4) is 0 Å². The van der Waals surface area contributed by atoms with E-state index in [4.69, 9.17) is 11.6 Å². The number of nitrogens with one attached hydrogen (secondary N) is 1. The van der Waals surface area contributed by atoms with E-state index in [1.165, 1.54) is 12.1 Å². The molecule has 1 aromatic carbocycles. The lowest BCUT2D eigenvalue weighted by Gasteiger charge is -1.94. The van der Waals surface area contributed by atoms with Crippen molar-refractivity contribution in [1.82, 2.24) is 19.9 Å². The van der Waals surface area contributed by atoms with Crippen molar-refractivity contribution in [1.29, 1.82) is 0 Å². The van der Waals surface area contributed by atoms with Crippen molar-refractivity contribution in [3.05, 3.63) is 41.6 Å². The number of H-pyrrole nitrogens is 1. The number of imidazole rings is 1. The Morgan fingerprint density at radius 3 is 2.65 bits per heavy atom. The Labute approximate surface area is 101 Å². The van der Waals surface area contributed by atoms with Crippen molar-refractivity contribution in [2.24, 2.45) is 0 Å². The molecular formula is C11H6ClFN4. The van der Waals surface area contributed by atoms with Crippen LogP contribution in [0.1, 0.15) is 0 Å². The maximum absolute atomic E-state index is 12.8. The molecule has 17 heavy (non-hydrogen) atoms. The summed E-state index contributed by atoms with van der Waals surface area (Å²) in [6.45, 7) is 0. The Hall–Kier alpha value is -2.01. The zero-order chi connectivity index (χ0) is 11.8. The number of halogens is 2. The Bertz CT molecular complexity index is 678. The Morgan fingerprint density at radius 2 is 1.88 bits per heavy atom. The number of hydrogen-bond acceptors (Lipinski definition) is 3. The van der Waals surface area contributed by atoms with Gasteiger partial charge in [-0.15, -0.1) is 0 Å². The average molecular weight is 249 g/mol. The minimum absolute atomic E-state index is 0.148. The van der Waals surface area contributed by atoms with Gasteiger partial charge in [-0.2, -0.15) is 4.98 Å². The third-order valence-electron chi connectivity index (χ3n) is 2.33. The first-order valence-corrected chi connectivity index (χ1v) is 5.24. The summed E-state index contributed by atoms with van der Waals surface area (Å²) < 4.78 is 12.8. The van der Waals surface area contributed by atoms with Crippen LogP contribution in [0.15, 0.2) is 30.5 Å². The fraction of sp³-hybridized carbons (Fsp3) is 0. The fourth-order valence-electron chi connectivity index (χ4n) is 1.53. The second kappa shape index (κ2) is 3.78. The number of fused-ring (bicyclic) bond motifs is 1. The first-order chi connectivity index (χ1) is 8.22. The van der Waals surface area contributed by atoms with Crippen LogP contribution in [0.2, 0.25) is 5.28 Å². The van der Waals surface area contributed by atoms with Crippen molar-refractivity contribution in [2.75, 3.05) is 0 Å². The van der Waals surface area contributed by atoms with Crippen LogP contribution in [0, 0.1) is 5.82 Å². The molecule has 84 valence electrons. The molecule has 1 N–H and O–H groups in total. The molecule has 0 amide bonds. The van der Waals surface area contributed by atoms with Gasteiger partial charge in [0.2, 0.25) is 5.28 Å². The monoisotopic (exact) mass is 248 g/mol. The van der Waals surface area contributed by atoms with Gasteiger partial charge in [-0.25, -0.2) is 14.4 Å². The molecule has 3 aromatic rings. The number of aromatic amines is 1. The molecule has 0 radical (unpaired) electrons. The van der Waals surface area contributed by atoms with E-state index in [-0.39, 0.29) is 11.1 Å². The summed E-state index contributed by atoms with van der Waals surface area (Å²) in [6.07, 6.45) is 1.56. The molecule has 0 fully saturated rings. The minimum atomic E-state index is -0.285. The maximum Gasteiger partial charge on any atom is 0.224 e. The molecule has 6 heteroatoms. The van der Waals surface area contributed by atoms with E-state index in [0.29, 0.717) is 17.0 Å². The number of hydrogen-bond donors (Lipinski definition) is 1. The van der Waals surface area contributed by atoms with Gasteiger partial charge in [0, 0.05) is 5.56 Å². The third kappa shape index (κ3) is 1.85. The van der Waals surface area contributed by atoms with Crippen LogP contribution >= 0.6 is 11.6 Å². The zero-order valence-corrected chi connectivity index (χ0v) is 9.24. The summed E-state index contributed by atoms with van der Waals surface area (Å²) in [5.74, 6) is 0.323. The van der Waals surface area contributed by atoms with Gasteiger partial charge in [-0.3, -0.25) is 0 Å². The molecule has 0 aliphatic rings. The summed E-state index contributed by atoms with van der Waals surface area (Å²) in [4.78, 5) is 15.1. The van der Waals surface area contributed by atoms with Crippen LogP contribution < -0.4 is 0 Å². The van der Waals surface area contributed by atoms with Crippen LogP contribution in [-0.2, 0) is 0 Å². The second-order valence-electron chi connectivity index (χ2n) is 3.47. The average Bonchev–Trinajstić information content (AvgIpc) is 2.72. The predicted molar refractivity (Wildman–Crippen MR) is 62.1 cm³/mol. The maximum atomic E-state index is 12.8. The van der Waals surface area contributed by atoms with Crippen molar-refractivity contribution in [2.45, 2.75) is 0 Å². The summed E-state index contributed by atoms with van der Waals surface area (Å²) >= 11 is 5.67. The predicted octanol–water partition coefficient (Wildman–Crippen LogP) is 2.81. The van der Waals surface area contributed by atoms with Gasteiger partial charge in [-0.1, -0.05) is 0 Å². The molecule has 0 spiro atoms. The summed E-state index contributed by atoms with van der Waals surface area (Å²) in [5, 5.41) is 0.148. The van der Waals surface area contributed by atoms with E-state index < -0.39 is 0 Å². The number of benzene rings is 1. The topological polar surface area (TPSA) is 54.5 Å². The highest BCUT2D eigenvalue weighted by atomic mass is 35.5. The zero-order valence-electron chi connectivity index (χ0n) is 8.48.